The molecule has 112 valence electrons. The third kappa shape index (κ3) is 2.75. The number of fused-ring (bicyclic) bond motifs is 1. The second kappa shape index (κ2) is 5.42. The van der Waals surface area contributed by atoms with Crippen LogP contribution in [0.2, 0.25) is 0 Å². The fourth-order valence-electron chi connectivity index (χ4n) is 3.07. The number of carbonyl (C=O) groups is 2. The van der Waals surface area contributed by atoms with Crippen molar-refractivity contribution in [1.29, 1.82) is 0 Å². The number of nitrogens with zero attached hydrogens (tertiary/aromatic N) is 2. The largest absolute Gasteiger partial charge is 0.331 e. The minimum absolute atomic E-state index is 0.0393. The van der Waals surface area contributed by atoms with Gasteiger partial charge in [0, 0.05) is 19.2 Å². The number of hydrogen-bond acceptors (Lipinski definition) is 2. The second-order valence-electron chi connectivity index (χ2n) is 5.53. The van der Waals surface area contributed by atoms with E-state index in [0.29, 0.717) is 31.5 Å². The number of piperazine rings is 1. The summed E-state index contributed by atoms with van der Waals surface area (Å²) in [6.07, 6.45) is 1.89. The Kier molecular flexibility index (Phi) is 3.61. The zero-order valence-electron chi connectivity index (χ0n) is 11.5. The zero-order chi connectivity index (χ0) is 15.0. The van der Waals surface area contributed by atoms with Crippen LogP contribution < -0.4 is 0 Å². The lowest BCUT2D eigenvalue weighted by atomic mass is 10.1. The summed E-state index contributed by atoms with van der Waals surface area (Å²) in [5, 5.41) is 0. The van der Waals surface area contributed by atoms with E-state index in [9.17, 15) is 18.4 Å². The van der Waals surface area contributed by atoms with Crippen LogP contribution in [-0.2, 0) is 16.0 Å². The van der Waals surface area contributed by atoms with Gasteiger partial charge in [-0.1, -0.05) is 0 Å². The third-order valence-corrected chi connectivity index (χ3v) is 4.09. The highest BCUT2D eigenvalue weighted by atomic mass is 19.1. The van der Waals surface area contributed by atoms with Crippen molar-refractivity contribution in [3.05, 3.63) is 35.4 Å². The molecule has 21 heavy (non-hydrogen) atoms. The van der Waals surface area contributed by atoms with E-state index in [-0.39, 0.29) is 24.4 Å². The SMILES string of the molecule is O=C1C2CCCN2C(=O)CN1CCc1cc(F)cc(F)c1. The molecule has 1 unspecified atom stereocenters. The Balaban J connectivity index is 1.67. The smallest absolute Gasteiger partial charge is 0.245 e. The Morgan fingerprint density at radius 3 is 2.57 bits per heavy atom. The van der Waals surface area contributed by atoms with Crippen molar-refractivity contribution in [3.63, 3.8) is 0 Å². The molecule has 1 aromatic rings. The maximum absolute atomic E-state index is 13.1. The molecule has 1 aromatic carbocycles. The molecule has 2 fully saturated rings. The van der Waals surface area contributed by atoms with Crippen LogP contribution in [0.5, 0.6) is 0 Å². The highest BCUT2D eigenvalue weighted by molar-refractivity contribution is 5.95. The van der Waals surface area contributed by atoms with Crippen molar-refractivity contribution in [2.45, 2.75) is 25.3 Å². The number of carbonyl (C=O) groups excluding carboxylic acids is 2. The Morgan fingerprint density at radius 2 is 1.86 bits per heavy atom. The lowest BCUT2D eigenvalue weighted by molar-refractivity contribution is -0.153. The van der Waals surface area contributed by atoms with Crippen LogP contribution in [0.1, 0.15) is 18.4 Å². The van der Waals surface area contributed by atoms with Crippen LogP contribution >= 0.6 is 0 Å². The Hall–Kier alpha value is -1.98. The summed E-state index contributed by atoms with van der Waals surface area (Å²) < 4.78 is 26.3. The second-order valence-corrected chi connectivity index (χ2v) is 5.53. The van der Waals surface area contributed by atoms with E-state index in [1.807, 2.05) is 0 Å². The van der Waals surface area contributed by atoms with Gasteiger partial charge < -0.3 is 9.80 Å². The van der Waals surface area contributed by atoms with E-state index in [2.05, 4.69) is 0 Å². The Morgan fingerprint density at radius 1 is 1.14 bits per heavy atom. The first-order chi connectivity index (χ1) is 10.0. The molecule has 3 rings (SSSR count). The number of hydrogen-bond donors (Lipinski definition) is 0. The van der Waals surface area contributed by atoms with Crippen molar-refractivity contribution in [2.75, 3.05) is 19.6 Å². The first-order valence-electron chi connectivity index (χ1n) is 7.08. The molecule has 0 N–H and O–H groups in total. The minimum atomic E-state index is -0.631. The summed E-state index contributed by atoms with van der Waals surface area (Å²) >= 11 is 0. The minimum Gasteiger partial charge on any atom is -0.331 e. The van der Waals surface area contributed by atoms with Crippen molar-refractivity contribution in [2.24, 2.45) is 0 Å². The lowest BCUT2D eigenvalue weighted by Gasteiger charge is -2.36. The van der Waals surface area contributed by atoms with Gasteiger partial charge in [-0.05, 0) is 37.0 Å². The van der Waals surface area contributed by atoms with Gasteiger partial charge in [-0.3, -0.25) is 9.59 Å². The molecule has 0 saturated carbocycles. The molecule has 2 aliphatic rings. The van der Waals surface area contributed by atoms with Gasteiger partial charge in [-0.2, -0.15) is 0 Å². The lowest BCUT2D eigenvalue weighted by Crippen LogP contribution is -2.57. The predicted octanol–water partition coefficient (Wildman–Crippen LogP) is 1.34. The van der Waals surface area contributed by atoms with E-state index >= 15 is 0 Å². The summed E-state index contributed by atoms with van der Waals surface area (Å²) in [6.45, 7) is 1.02. The normalized spacial score (nSPS) is 21.9. The van der Waals surface area contributed by atoms with E-state index < -0.39 is 11.6 Å². The van der Waals surface area contributed by atoms with Crippen LogP contribution in [0.15, 0.2) is 18.2 Å². The first kappa shape index (κ1) is 14.0. The van der Waals surface area contributed by atoms with E-state index in [4.69, 9.17) is 0 Å². The number of rotatable bonds is 3. The Bertz CT molecular complexity index is 571. The summed E-state index contributed by atoms with van der Waals surface area (Å²) in [5.41, 5.74) is 0.488. The molecule has 0 aromatic heterocycles. The van der Waals surface area contributed by atoms with Crippen molar-refractivity contribution in [3.8, 4) is 0 Å². The maximum atomic E-state index is 13.1. The zero-order valence-corrected chi connectivity index (χ0v) is 11.5. The summed E-state index contributed by atoms with van der Waals surface area (Å²) in [5.74, 6) is -1.35. The van der Waals surface area contributed by atoms with Gasteiger partial charge in [0.15, 0.2) is 0 Å². The number of amides is 2. The predicted molar refractivity (Wildman–Crippen MR) is 71.4 cm³/mol. The third-order valence-electron chi connectivity index (χ3n) is 4.09. The van der Waals surface area contributed by atoms with Gasteiger partial charge >= 0.3 is 0 Å². The van der Waals surface area contributed by atoms with Gasteiger partial charge in [-0.15, -0.1) is 0 Å². The monoisotopic (exact) mass is 294 g/mol. The molecule has 2 aliphatic heterocycles. The average Bonchev–Trinajstić information content (AvgIpc) is 2.90. The van der Waals surface area contributed by atoms with Gasteiger partial charge in [-0.25, -0.2) is 8.78 Å². The molecule has 4 nitrogen and oxygen atoms in total. The number of halogens is 2. The van der Waals surface area contributed by atoms with Crippen LogP contribution in [0.3, 0.4) is 0 Å². The van der Waals surface area contributed by atoms with Crippen LogP contribution in [0.25, 0.3) is 0 Å². The fourth-order valence-corrected chi connectivity index (χ4v) is 3.07. The van der Waals surface area contributed by atoms with Crippen molar-refractivity contribution in [1.82, 2.24) is 9.80 Å². The molecular weight excluding hydrogens is 278 g/mol. The Labute approximate surface area is 121 Å². The number of benzene rings is 1. The fraction of sp³-hybridized carbons (Fsp3) is 0.467. The standard InChI is InChI=1S/C15H16F2N2O2/c16-11-6-10(7-12(17)8-11)3-5-18-9-14(20)19-4-1-2-13(19)15(18)21/h6-8,13H,1-5,9H2. The molecule has 0 spiro atoms. The molecule has 6 heteroatoms. The molecule has 2 amide bonds. The molecule has 0 radical (unpaired) electrons. The molecule has 0 bridgehead atoms. The molecule has 0 aliphatic carbocycles. The van der Waals surface area contributed by atoms with Crippen molar-refractivity contribution >= 4 is 11.8 Å². The molecule has 1 atom stereocenters. The average molecular weight is 294 g/mol. The molecular formula is C15H16F2N2O2. The summed E-state index contributed by atoms with van der Waals surface area (Å²) in [6, 6.07) is 2.98. The van der Waals surface area contributed by atoms with E-state index in [1.165, 1.54) is 17.0 Å². The van der Waals surface area contributed by atoms with Gasteiger partial charge in [0.25, 0.3) is 0 Å². The summed E-state index contributed by atoms with van der Waals surface area (Å²) in [4.78, 5) is 27.4. The van der Waals surface area contributed by atoms with Gasteiger partial charge in [0.2, 0.25) is 11.8 Å². The summed E-state index contributed by atoms with van der Waals surface area (Å²) in [7, 11) is 0. The topological polar surface area (TPSA) is 40.6 Å². The van der Waals surface area contributed by atoms with E-state index in [0.717, 1.165) is 12.5 Å². The molecule has 2 saturated heterocycles. The molecule has 2 heterocycles. The maximum Gasteiger partial charge on any atom is 0.245 e. The quantitative estimate of drug-likeness (QED) is 0.844. The highest BCUT2D eigenvalue weighted by Crippen LogP contribution is 2.23. The van der Waals surface area contributed by atoms with E-state index in [1.54, 1.807) is 4.90 Å². The van der Waals surface area contributed by atoms with Crippen LogP contribution in [0, 0.1) is 11.6 Å². The van der Waals surface area contributed by atoms with Crippen molar-refractivity contribution < 1.29 is 18.4 Å². The van der Waals surface area contributed by atoms with Gasteiger partial charge in [0.1, 0.15) is 17.7 Å². The van der Waals surface area contributed by atoms with Crippen LogP contribution in [0.4, 0.5) is 8.78 Å². The highest BCUT2D eigenvalue weighted by Gasteiger charge is 2.41. The van der Waals surface area contributed by atoms with Crippen LogP contribution in [-0.4, -0.2) is 47.3 Å². The first-order valence-corrected chi connectivity index (χ1v) is 7.08. The van der Waals surface area contributed by atoms with Gasteiger partial charge in [0.05, 0.1) is 6.54 Å².